The van der Waals surface area contributed by atoms with E-state index in [2.05, 4.69) is 20.4 Å². The van der Waals surface area contributed by atoms with Gasteiger partial charge in [-0.25, -0.2) is 0 Å². The van der Waals surface area contributed by atoms with E-state index in [9.17, 15) is 9.59 Å². The van der Waals surface area contributed by atoms with E-state index < -0.39 is 0 Å². The molecule has 4 rings (SSSR count). The minimum absolute atomic E-state index is 0.00816. The van der Waals surface area contributed by atoms with Gasteiger partial charge in [0.2, 0.25) is 5.89 Å². The number of cyclic esters (lactones) is 1. The normalized spacial score (nSPS) is 27.4. The Labute approximate surface area is 139 Å². The Morgan fingerprint density at radius 1 is 1.29 bits per heavy atom. The Hall–Kier alpha value is -1.96. The van der Waals surface area contributed by atoms with Gasteiger partial charge in [0.15, 0.2) is 0 Å². The van der Waals surface area contributed by atoms with Crippen molar-refractivity contribution in [2.45, 2.75) is 50.6 Å². The zero-order valence-corrected chi connectivity index (χ0v) is 13.6. The molecular weight excluding hydrogens is 312 g/mol. The quantitative estimate of drug-likeness (QED) is 0.777. The Morgan fingerprint density at radius 3 is 2.92 bits per heavy atom. The van der Waals surface area contributed by atoms with Gasteiger partial charge in [-0.3, -0.25) is 14.5 Å². The smallest absolute Gasteiger partial charge is 0.309 e. The summed E-state index contributed by atoms with van der Waals surface area (Å²) < 4.78 is 10.4. The maximum atomic E-state index is 12.0. The van der Waals surface area contributed by atoms with Crippen LogP contribution in [0.4, 0.5) is 0 Å². The number of amides is 1. The lowest BCUT2D eigenvalue weighted by molar-refractivity contribution is -0.141. The van der Waals surface area contributed by atoms with Crippen LogP contribution in [0.25, 0.3) is 0 Å². The molecule has 130 valence electrons. The maximum absolute atomic E-state index is 12.0. The molecule has 3 heterocycles. The molecule has 2 atom stereocenters. The standard InChI is InChI=1S/C16H22N4O4/c21-14(17-11-3-4-11)13-18-15(24-19-13)12-2-1-7-20(12)8-5-10-6-9-23-16(10)22/h10-12H,1-9H2,(H,17,21)/t10-,12-/m1/s1. The Balaban J connectivity index is 1.36. The molecule has 3 fully saturated rings. The van der Waals surface area contributed by atoms with Crippen LogP contribution in [0.5, 0.6) is 0 Å². The van der Waals surface area contributed by atoms with Crippen molar-refractivity contribution in [1.29, 1.82) is 0 Å². The highest BCUT2D eigenvalue weighted by atomic mass is 16.5. The van der Waals surface area contributed by atoms with Gasteiger partial charge in [0, 0.05) is 6.04 Å². The fourth-order valence-electron chi connectivity index (χ4n) is 3.44. The topological polar surface area (TPSA) is 97.6 Å². The number of ether oxygens (including phenoxy) is 1. The lowest BCUT2D eigenvalue weighted by Crippen LogP contribution is -2.28. The summed E-state index contributed by atoms with van der Waals surface area (Å²) in [6.07, 6.45) is 5.63. The minimum atomic E-state index is -0.259. The molecule has 1 aliphatic carbocycles. The second-order valence-electron chi connectivity index (χ2n) is 6.84. The van der Waals surface area contributed by atoms with Crippen molar-refractivity contribution in [3.8, 4) is 0 Å². The van der Waals surface area contributed by atoms with Gasteiger partial charge in [-0.15, -0.1) is 0 Å². The first-order chi connectivity index (χ1) is 11.7. The summed E-state index contributed by atoms with van der Waals surface area (Å²) in [5.74, 6) is 0.285. The number of likely N-dealkylation sites (tertiary alicyclic amines) is 1. The lowest BCUT2D eigenvalue weighted by Gasteiger charge is -2.22. The first-order valence-electron chi connectivity index (χ1n) is 8.76. The SMILES string of the molecule is O=C(NC1CC1)c1noc([C@H]2CCCN2CC[C@@H]2CCOC2=O)n1. The van der Waals surface area contributed by atoms with Crippen molar-refractivity contribution in [3.63, 3.8) is 0 Å². The number of nitrogens with zero attached hydrogens (tertiary/aromatic N) is 3. The third kappa shape index (κ3) is 3.28. The molecule has 1 N–H and O–H groups in total. The largest absolute Gasteiger partial charge is 0.465 e. The van der Waals surface area contributed by atoms with Crippen LogP contribution < -0.4 is 5.32 Å². The third-order valence-electron chi connectivity index (χ3n) is 5.01. The highest BCUT2D eigenvalue weighted by molar-refractivity contribution is 5.90. The molecule has 0 unspecified atom stereocenters. The van der Waals surface area contributed by atoms with Crippen LogP contribution in [0.15, 0.2) is 4.52 Å². The number of carbonyl (C=O) groups excluding carboxylic acids is 2. The summed E-state index contributed by atoms with van der Waals surface area (Å²) in [4.78, 5) is 30.1. The second kappa shape index (κ2) is 6.51. The lowest BCUT2D eigenvalue weighted by atomic mass is 10.0. The van der Waals surface area contributed by atoms with E-state index in [4.69, 9.17) is 9.26 Å². The van der Waals surface area contributed by atoms with E-state index in [0.29, 0.717) is 12.5 Å². The molecule has 3 aliphatic rings. The second-order valence-corrected chi connectivity index (χ2v) is 6.84. The van der Waals surface area contributed by atoms with Crippen molar-refractivity contribution >= 4 is 11.9 Å². The first kappa shape index (κ1) is 15.6. The predicted octanol–water partition coefficient (Wildman–Crippen LogP) is 1.05. The van der Waals surface area contributed by atoms with Crippen LogP contribution in [0.2, 0.25) is 0 Å². The molecule has 8 heteroatoms. The average Bonchev–Trinajstić information content (AvgIpc) is 2.97. The molecule has 2 saturated heterocycles. The number of nitrogens with one attached hydrogen (secondary N) is 1. The molecule has 0 bridgehead atoms. The summed E-state index contributed by atoms with van der Waals surface area (Å²) in [6.45, 7) is 2.28. The fraction of sp³-hybridized carbons (Fsp3) is 0.750. The van der Waals surface area contributed by atoms with Crippen LogP contribution in [-0.4, -0.2) is 52.7 Å². The van der Waals surface area contributed by atoms with E-state index in [1.165, 1.54) is 0 Å². The molecular formula is C16H22N4O4. The van der Waals surface area contributed by atoms with Crippen LogP contribution >= 0.6 is 0 Å². The van der Waals surface area contributed by atoms with Crippen molar-refractivity contribution < 1.29 is 18.8 Å². The Kier molecular flexibility index (Phi) is 4.22. The van der Waals surface area contributed by atoms with Gasteiger partial charge in [-0.1, -0.05) is 5.16 Å². The van der Waals surface area contributed by atoms with Crippen molar-refractivity contribution in [2.24, 2.45) is 5.92 Å². The van der Waals surface area contributed by atoms with Gasteiger partial charge >= 0.3 is 5.97 Å². The van der Waals surface area contributed by atoms with Crippen molar-refractivity contribution in [1.82, 2.24) is 20.4 Å². The van der Waals surface area contributed by atoms with E-state index in [0.717, 1.165) is 51.6 Å². The van der Waals surface area contributed by atoms with Crippen LogP contribution in [0.3, 0.4) is 0 Å². The van der Waals surface area contributed by atoms with Crippen molar-refractivity contribution in [3.05, 3.63) is 11.7 Å². The monoisotopic (exact) mass is 334 g/mol. The van der Waals surface area contributed by atoms with E-state index in [1.807, 2.05) is 0 Å². The summed E-state index contributed by atoms with van der Waals surface area (Å²) in [6, 6.07) is 0.311. The molecule has 1 aromatic heterocycles. The van der Waals surface area contributed by atoms with E-state index in [1.54, 1.807) is 0 Å². The number of aromatic nitrogens is 2. The molecule has 8 nitrogen and oxygen atoms in total. The van der Waals surface area contributed by atoms with Crippen LogP contribution in [0, 0.1) is 5.92 Å². The minimum Gasteiger partial charge on any atom is -0.465 e. The van der Waals surface area contributed by atoms with Gasteiger partial charge in [0.25, 0.3) is 11.7 Å². The van der Waals surface area contributed by atoms with Gasteiger partial charge < -0.3 is 14.6 Å². The summed E-state index contributed by atoms with van der Waals surface area (Å²) in [5.41, 5.74) is 0. The molecule has 0 radical (unpaired) electrons. The molecule has 1 amide bonds. The number of carbonyl (C=O) groups is 2. The molecule has 1 saturated carbocycles. The van der Waals surface area contributed by atoms with Crippen LogP contribution in [0.1, 0.15) is 61.1 Å². The zero-order chi connectivity index (χ0) is 16.5. The molecule has 24 heavy (non-hydrogen) atoms. The van der Waals surface area contributed by atoms with Crippen LogP contribution in [-0.2, 0) is 9.53 Å². The fourth-order valence-corrected chi connectivity index (χ4v) is 3.44. The molecule has 2 aliphatic heterocycles. The van der Waals surface area contributed by atoms with E-state index in [-0.39, 0.29) is 35.7 Å². The number of esters is 1. The first-order valence-corrected chi connectivity index (χ1v) is 8.76. The highest BCUT2D eigenvalue weighted by Gasteiger charge is 2.34. The summed E-state index contributed by atoms with van der Waals surface area (Å²) >= 11 is 0. The third-order valence-corrected chi connectivity index (χ3v) is 5.01. The Bertz CT molecular complexity index is 627. The van der Waals surface area contributed by atoms with Gasteiger partial charge in [-0.2, -0.15) is 4.98 Å². The maximum Gasteiger partial charge on any atom is 0.309 e. The summed E-state index contributed by atoms with van der Waals surface area (Å²) in [7, 11) is 0. The molecule has 0 spiro atoms. The number of rotatable bonds is 6. The molecule has 0 aromatic carbocycles. The van der Waals surface area contributed by atoms with Gasteiger partial charge in [0.05, 0.1) is 18.6 Å². The Morgan fingerprint density at radius 2 is 2.17 bits per heavy atom. The van der Waals surface area contributed by atoms with Gasteiger partial charge in [0.1, 0.15) is 0 Å². The molecule has 1 aromatic rings. The number of hydrogen-bond acceptors (Lipinski definition) is 7. The van der Waals surface area contributed by atoms with Crippen molar-refractivity contribution in [2.75, 3.05) is 19.7 Å². The predicted molar refractivity (Wildman–Crippen MR) is 82.0 cm³/mol. The zero-order valence-electron chi connectivity index (χ0n) is 13.6. The summed E-state index contributed by atoms with van der Waals surface area (Å²) in [5, 5.41) is 6.69. The number of hydrogen-bond donors (Lipinski definition) is 1. The average molecular weight is 334 g/mol. The van der Waals surface area contributed by atoms with E-state index >= 15 is 0 Å². The van der Waals surface area contributed by atoms with Gasteiger partial charge in [-0.05, 0) is 51.6 Å². The highest BCUT2D eigenvalue weighted by Crippen LogP contribution is 2.32.